The highest BCUT2D eigenvalue weighted by molar-refractivity contribution is 5.88. The van der Waals surface area contributed by atoms with Gasteiger partial charge in [-0.3, -0.25) is 0 Å². The maximum atomic E-state index is 2.43. The lowest BCUT2D eigenvalue weighted by atomic mass is 9.55. The van der Waals surface area contributed by atoms with Gasteiger partial charge in [-0.05, 0) is 114 Å². The molecule has 0 unspecified atom stereocenters. The lowest BCUT2D eigenvalue weighted by molar-refractivity contribution is 0.299. The normalized spacial score (nSPS) is 15.2. The van der Waals surface area contributed by atoms with Crippen molar-refractivity contribution in [2.24, 2.45) is 0 Å². The molecule has 0 amide bonds. The number of hydrogen-bond acceptors (Lipinski definition) is 1. The highest BCUT2D eigenvalue weighted by Crippen LogP contribution is 2.57. The highest BCUT2D eigenvalue weighted by atomic mass is 15.1. The first-order valence-corrected chi connectivity index (χ1v) is 19.9. The van der Waals surface area contributed by atoms with Crippen LogP contribution < -0.4 is 4.90 Å². The van der Waals surface area contributed by atoms with Gasteiger partial charge >= 0.3 is 0 Å². The van der Waals surface area contributed by atoms with Crippen LogP contribution in [0.15, 0.2) is 200 Å². The molecule has 8 aromatic carbocycles. The maximum absolute atomic E-state index is 2.43. The zero-order valence-electron chi connectivity index (χ0n) is 32.5. The van der Waals surface area contributed by atoms with Crippen molar-refractivity contribution in [2.45, 2.75) is 43.9 Å². The Morgan fingerprint density at radius 3 is 1.27 bits per heavy atom. The molecule has 0 atom stereocenters. The smallest absolute Gasteiger partial charge is 0.0713 e. The molecule has 0 aromatic heterocycles. The van der Waals surface area contributed by atoms with Crippen LogP contribution in [-0.2, 0) is 16.2 Å². The minimum Gasteiger partial charge on any atom is -0.310 e. The molecule has 0 radical (unpaired) electrons. The van der Waals surface area contributed by atoms with E-state index in [4.69, 9.17) is 0 Å². The lowest BCUT2D eigenvalue weighted by Crippen LogP contribution is -2.43. The van der Waals surface area contributed by atoms with Crippen LogP contribution in [0.25, 0.3) is 33.4 Å². The number of fused-ring (bicyclic) bond motifs is 6. The predicted octanol–water partition coefficient (Wildman–Crippen LogP) is 14.4. The van der Waals surface area contributed by atoms with Crippen LogP contribution in [0.2, 0.25) is 0 Å². The van der Waals surface area contributed by atoms with Crippen molar-refractivity contribution in [2.75, 3.05) is 4.90 Å². The summed E-state index contributed by atoms with van der Waals surface area (Å²) in [6.07, 6.45) is 0. The topological polar surface area (TPSA) is 3.24 Å². The first kappa shape index (κ1) is 34.1. The quantitative estimate of drug-likeness (QED) is 0.165. The SMILES string of the molecule is CC1(C)c2ccccc2-c2cc(N(c3ccc(-c4ccccc4)cc3)c3ccc(C4(c5ccccc5)c5ccccc5-c5ccccc54)cc3)ccc2C1(C)C. The van der Waals surface area contributed by atoms with Gasteiger partial charge in [-0.25, -0.2) is 0 Å². The molecule has 2 aliphatic rings. The standard InChI is InChI=1S/C55H45N/c1-53(2)49-24-14-11-23-47(49)48-37-44(35-36-50(48)54(53,3)4)56(42-31-27-39(28-32-42)38-17-7-5-8-18-38)43-33-29-41(30-34-43)55(40-19-9-6-10-20-40)51-25-15-12-21-45(51)46-22-13-16-26-52(46)55/h5-37H,1-4H3. The predicted molar refractivity (Wildman–Crippen MR) is 235 cm³/mol. The molecule has 2 aliphatic carbocycles. The second-order valence-corrected chi connectivity index (χ2v) is 16.5. The van der Waals surface area contributed by atoms with Crippen molar-refractivity contribution in [3.63, 3.8) is 0 Å². The Bertz CT molecular complexity index is 2670. The summed E-state index contributed by atoms with van der Waals surface area (Å²) in [6, 6.07) is 74.2. The van der Waals surface area contributed by atoms with E-state index in [0.29, 0.717) is 0 Å². The number of anilines is 3. The molecule has 10 rings (SSSR count). The van der Waals surface area contributed by atoms with Gasteiger partial charge in [-0.2, -0.15) is 0 Å². The second kappa shape index (κ2) is 12.8. The van der Waals surface area contributed by atoms with Crippen molar-refractivity contribution in [3.05, 3.63) is 234 Å². The second-order valence-electron chi connectivity index (χ2n) is 16.5. The monoisotopic (exact) mass is 719 g/mol. The van der Waals surface area contributed by atoms with Crippen LogP contribution in [0.1, 0.15) is 61.1 Å². The zero-order valence-corrected chi connectivity index (χ0v) is 32.5. The first-order chi connectivity index (χ1) is 27.3. The van der Waals surface area contributed by atoms with E-state index in [1.165, 1.54) is 66.8 Å². The molecular weight excluding hydrogens is 675 g/mol. The lowest BCUT2D eigenvalue weighted by Gasteiger charge is -2.48. The molecule has 0 fully saturated rings. The Hall–Kier alpha value is -6.44. The third-order valence-electron chi connectivity index (χ3n) is 13.3. The van der Waals surface area contributed by atoms with Gasteiger partial charge in [0.2, 0.25) is 0 Å². The molecule has 0 spiro atoms. The number of nitrogens with zero attached hydrogens (tertiary/aromatic N) is 1. The van der Waals surface area contributed by atoms with Crippen molar-refractivity contribution in [1.29, 1.82) is 0 Å². The van der Waals surface area contributed by atoms with Crippen molar-refractivity contribution < 1.29 is 0 Å². The van der Waals surface area contributed by atoms with E-state index < -0.39 is 5.41 Å². The van der Waals surface area contributed by atoms with Crippen molar-refractivity contribution in [1.82, 2.24) is 0 Å². The fourth-order valence-corrected chi connectivity index (χ4v) is 9.83. The minimum absolute atomic E-state index is 0.0208. The van der Waals surface area contributed by atoms with Crippen LogP contribution in [-0.4, -0.2) is 0 Å². The van der Waals surface area contributed by atoms with Crippen LogP contribution in [0.3, 0.4) is 0 Å². The molecule has 0 saturated carbocycles. The fourth-order valence-electron chi connectivity index (χ4n) is 9.83. The molecule has 1 nitrogen and oxygen atoms in total. The van der Waals surface area contributed by atoms with E-state index in [-0.39, 0.29) is 10.8 Å². The van der Waals surface area contributed by atoms with Crippen molar-refractivity contribution >= 4 is 17.1 Å². The van der Waals surface area contributed by atoms with E-state index in [2.05, 4.69) is 233 Å². The van der Waals surface area contributed by atoms with Gasteiger partial charge in [-0.15, -0.1) is 0 Å². The van der Waals surface area contributed by atoms with Gasteiger partial charge in [0.25, 0.3) is 0 Å². The molecule has 0 N–H and O–H groups in total. The fraction of sp³-hybridized carbons (Fsp3) is 0.127. The van der Waals surface area contributed by atoms with Gasteiger partial charge in [0.1, 0.15) is 0 Å². The van der Waals surface area contributed by atoms with Crippen LogP contribution in [0.5, 0.6) is 0 Å². The number of benzene rings is 8. The van der Waals surface area contributed by atoms with E-state index in [1.807, 2.05) is 0 Å². The summed E-state index contributed by atoms with van der Waals surface area (Å²) >= 11 is 0. The van der Waals surface area contributed by atoms with Crippen LogP contribution in [0.4, 0.5) is 17.1 Å². The Balaban J connectivity index is 1.16. The van der Waals surface area contributed by atoms with Gasteiger partial charge in [0, 0.05) is 17.1 Å². The summed E-state index contributed by atoms with van der Waals surface area (Å²) in [6.45, 7) is 9.60. The summed E-state index contributed by atoms with van der Waals surface area (Å²) < 4.78 is 0. The molecule has 8 aromatic rings. The Kier molecular flexibility index (Phi) is 7.80. The van der Waals surface area contributed by atoms with E-state index in [0.717, 1.165) is 17.1 Å². The molecule has 0 heterocycles. The van der Waals surface area contributed by atoms with E-state index in [9.17, 15) is 0 Å². The molecule has 1 heteroatoms. The molecule has 0 saturated heterocycles. The van der Waals surface area contributed by atoms with Crippen LogP contribution >= 0.6 is 0 Å². The first-order valence-electron chi connectivity index (χ1n) is 19.9. The molecule has 0 bridgehead atoms. The summed E-state index contributed by atoms with van der Waals surface area (Å²) in [7, 11) is 0. The largest absolute Gasteiger partial charge is 0.310 e. The Morgan fingerprint density at radius 1 is 0.304 bits per heavy atom. The van der Waals surface area contributed by atoms with Gasteiger partial charge in [0.15, 0.2) is 0 Å². The third-order valence-corrected chi connectivity index (χ3v) is 13.3. The summed E-state index contributed by atoms with van der Waals surface area (Å²) in [4.78, 5) is 2.43. The van der Waals surface area contributed by atoms with Gasteiger partial charge in [0.05, 0.1) is 5.41 Å². The summed E-state index contributed by atoms with van der Waals surface area (Å²) in [5.74, 6) is 0. The van der Waals surface area contributed by atoms with Gasteiger partial charge < -0.3 is 4.90 Å². The summed E-state index contributed by atoms with van der Waals surface area (Å²) in [5.41, 5.74) is 18.5. The van der Waals surface area contributed by atoms with E-state index in [1.54, 1.807) is 0 Å². The average molecular weight is 720 g/mol. The Morgan fingerprint density at radius 2 is 0.696 bits per heavy atom. The molecule has 56 heavy (non-hydrogen) atoms. The molecule has 270 valence electrons. The minimum atomic E-state index is -0.441. The average Bonchev–Trinajstić information content (AvgIpc) is 3.55. The van der Waals surface area contributed by atoms with Crippen LogP contribution in [0, 0.1) is 0 Å². The zero-order chi connectivity index (χ0) is 38.1. The van der Waals surface area contributed by atoms with Gasteiger partial charge in [-0.1, -0.05) is 191 Å². The number of hydrogen-bond donors (Lipinski definition) is 0. The maximum Gasteiger partial charge on any atom is 0.0713 e. The highest BCUT2D eigenvalue weighted by Gasteiger charge is 2.47. The molecule has 0 aliphatic heterocycles. The Labute approximate surface area is 331 Å². The van der Waals surface area contributed by atoms with E-state index >= 15 is 0 Å². The van der Waals surface area contributed by atoms with Crippen molar-refractivity contribution in [3.8, 4) is 33.4 Å². The molecular formula is C55H45N. The summed E-state index contributed by atoms with van der Waals surface area (Å²) in [5, 5.41) is 0. The third kappa shape index (κ3) is 4.93. The number of rotatable bonds is 6.